The maximum atomic E-state index is 12.0. The van der Waals surface area contributed by atoms with E-state index in [0.29, 0.717) is 25.8 Å². The second-order valence-electron chi connectivity index (χ2n) is 8.71. The zero-order valence-electron chi connectivity index (χ0n) is 22.2. The fourth-order valence-electron chi connectivity index (χ4n) is 3.06. The predicted octanol–water partition coefficient (Wildman–Crippen LogP) is 6.34. The van der Waals surface area contributed by atoms with Gasteiger partial charge in [-0.05, 0) is 57.8 Å². The normalized spacial score (nSPS) is 12.5. The molecule has 0 fully saturated rings. The molecule has 0 aromatic carbocycles. The quantitative estimate of drug-likeness (QED) is 0.0470. The second-order valence-corrected chi connectivity index (χ2v) is 10.8. The summed E-state index contributed by atoms with van der Waals surface area (Å²) in [6.45, 7) is 2.79. The first-order valence-electron chi connectivity index (χ1n) is 13.2. The highest BCUT2D eigenvalue weighted by Crippen LogP contribution is 2.22. The van der Waals surface area contributed by atoms with Gasteiger partial charge >= 0.3 is 5.97 Å². The Bertz CT molecular complexity index is 787. The van der Waals surface area contributed by atoms with E-state index in [1.165, 1.54) is 0 Å². The van der Waals surface area contributed by atoms with Gasteiger partial charge in [-0.25, -0.2) is 0 Å². The molecule has 0 saturated heterocycles. The van der Waals surface area contributed by atoms with Crippen molar-refractivity contribution < 1.29 is 19.5 Å². The molecule has 3 N–H and O–H groups in total. The Labute approximate surface area is 234 Å². The van der Waals surface area contributed by atoms with E-state index in [2.05, 4.69) is 104 Å². The minimum Gasteiger partial charge on any atom is -0.481 e. The molecule has 37 heavy (non-hydrogen) atoms. The molecule has 0 aliphatic heterocycles. The zero-order valence-corrected chi connectivity index (χ0v) is 24.0. The lowest BCUT2D eigenvalue weighted by Gasteiger charge is -2.23. The van der Waals surface area contributed by atoms with Gasteiger partial charge in [0.25, 0.3) is 0 Å². The Hall–Kier alpha value is -2.19. The van der Waals surface area contributed by atoms with Gasteiger partial charge in [-0.15, -0.1) is 0 Å². The molecule has 8 heteroatoms. The molecule has 0 aliphatic rings. The minimum absolute atomic E-state index is 0.0116. The van der Waals surface area contributed by atoms with Crippen molar-refractivity contribution in [3.8, 4) is 0 Å². The molecule has 0 bridgehead atoms. The van der Waals surface area contributed by atoms with Crippen LogP contribution in [0.5, 0.6) is 0 Å². The summed E-state index contributed by atoms with van der Waals surface area (Å²) < 4.78 is -0.759. The van der Waals surface area contributed by atoms with Crippen LogP contribution in [-0.4, -0.2) is 40.1 Å². The van der Waals surface area contributed by atoms with Crippen molar-refractivity contribution in [2.75, 3.05) is 13.1 Å². The summed E-state index contributed by atoms with van der Waals surface area (Å²) in [6.07, 6.45) is 29.6. The monoisotopic (exact) mass is 550 g/mol. The average molecular weight is 551 g/mol. The summed E-state index contributed by atoms with van der Waals surface area (Å²) in [5.74, 6) is -1.16. The summed E-state index contributed by atoms with van der Waals surface area (Å²) in [4.78, 5) is 34.2. The lowest BCUT2D eigenvalue weighted by Crippen LogP contribution is -2.38. The van der Waals surface area contributed by atoms with E-state index in [1.807, 2.05) is 0 Å². The highest BCUT2D eigenvalue weighted by Gasteiger charge is 2.21. The molecular formula is C29H46N2O4S2. The molecule has 0 atom stereocenters. The minimum atomic E-state index is -0.917. The first-order chi connectivity index (χ1) is 17.8. The number of carbonyl (C=O) groups is 3. The summed E-state index contributed by atoms with van der Waals surface area (Å²) in [5, 5.41) is 14.2. The molecular weight excluding hydrogens is 504 g/mol. The molecule has 0 saturated carbocycles. The third-order valence-corrected chi connectivity index (χ3v) is 5.91. The molecule has 0 unspecified atom stereocenters. The number of allylic oxidation sites excluding steroid dienone is 10. The molecule has 0 radical (unpaired) electrons. The molecule has 208 valence electrons. The fraction of sp³-hybridized carbons (Fsp3) is 0.552. The number of rotatable bonds is 22. The number of thiol groups is 2. The van der Waals surface area contributed by atoms with Crippen molar-refractivity contribution in [3.05, 3.63) is 60.8 Å². The van der Waals surface area contributed by atoms with E-state index in [-0.39, 0.29) is 31.2 Å². The van der Waals surface area contributed by atoms with Crippen LogP contribution in [0.15, 0.2) is 60.8 Å². The van der Waals surface area contributed by atoms with E-state index in [0.717, 1.165) is 44.9 Å². The van der Waals surface area contributed by atoms with Gasteiger partial charge in [-0.3, -0.25) is 14.4 Å². The molecule has 0 spiro atoms. The number of carboxylic acids is 1. The van der Waals surface area contributed by atoms with Gasteiger partial charge in [0.2, 0.25) is 11.8 Å². The molecule has 0 aliphatic carbocycles. The van der Waals surface area contributed by atoms with E-state index in [1.54, 1.807) is 0 Å². The van der Waals surface area contributed by atoms with Gasteiger partial charge in [0, 0.05) is 32.4 Å². The molecule has 0 heterocycles. The number of aliphatic carboxylic acids is 1. The van der Waals surface area contributed by atoms with Crippen LogP contribution in [0.2, 0.25) is 0 Å². The molecule has 2 amide bonds. The average Bonchev–Trinajstić information content (AvgIpc) is 2.84. The Balaban J connectivity index is 3.75. The fourth-order valence-corrected chi connectivity index (χ4v) is 3.44. The first kappa shape index (κ1) is 34.8. The van der Waals surface area contributed by atoms with Gasteiger partial charge in [-0.1, -0.05) is 67.7 Å². The van der Waals surface area contributed by atoms with Crippen LogP contribution in [0, 0.1) is 0 Å². The smallest absolute Gasteiger partial charge is 0.303 e. The summed E-state index contributed by atoms with van der Waals surface area (Å²) >= 11 is 8.88. The standard InChI is InChI=1S/C29H46N2O4S2/c1-2-3-4-5-6-7-8-9-10-11-12-13-14-15-16-17-18-20-26(32)30-24-23-29(36,37)25-31-27(33)21-19-22-28(34)35/h3-4,6-7,9-10,12-13,15-16,36-37H,2,5,8,11,14,17-25H2,1H3,(H,30,32)(H,31,33)(H,34,35)/b4-3-,7-6-,10-9-,13-12-,16-15-. The molecule has 0 rings (SSSR count). The van der Waals surface area contributed by atoms with Crippen LogP contribution >= 0.6 is 25.3 Å². The maximum Gasteiger partial charge on any atom is 0.303 e. The Kier molecular flexibility index (Phi) is 22.7. The van der Waals surface area contributed by atoms with Crippen LogP contribution in [0.25, 0.3) is 0 Å². The highest BCUT2D eigenvalue weighted by atomic mass is 32.2. The van der Waals surface area contributed by atoms with Crippen molar-refractivity contribution in [1.82, 2.24) is 10.6 Å². The highest BCUT2D eigenvalue weighted by molar-refractivity contribution is 8.00. The van der Waals surface area contributed by atoms with Crippen LogP contribution in [0.1, 0.15) is 84.0 Å². The first-order valence-corrected chi connectivity index (χ1v) is 14.1. The van der Waals surface area contributed by atoms with Crippen molar-refractivity contribution in [3.63, 3.8) is 0 Å². The number of hydrogen-bond acceptors (Lipinski definition) is 5. The number of carboxylic acid groups (broad SMARTS) is 1. The van der Waals surface area contributed by atoms with E-state index in [9.17, 15) is 14.4 Å². The third kappa shape index (κ3) is 26.7. The summed E-state index contributed by atoms with van der Waals surface area (Å²) in [7, 11) is 0. The number of carbonyl (C=O) groups excluding carboxylic acids is 2. The van der Waals surface area contributed by atoms with E-state index < -0.39 is 10.0 Å². The van der Waals surface area contributed by atoms with Crippen molar-refractivity contribution >= 4 is 43.0 Å². The Morgan fingerprint density at radius 3 is 1.73 bits per heavy atom. The molecule has 0 aromatic rings. The topological polar surface area (TPSA) is 95.5 Å². The van der Waals surface area contributed by atoms with Crippen molar-refractivity contribution in [2.45, 2.75) is 88.1 Å². The molecule has 0 aromatic heterocycles. The van der Waals surface area contributed by atoms with Gasteiger partial charge in [0.15, 0.2) is 0 Å². The number of amides is 2. The van der Waals surface area contributed by atoms with Crippen LogP contribution in [0.4, 0.5) is 0 Å². The van der Waals surface area contributed by atoms with Gasteiger partial charge in [0.05, 0.1) is 4.08 Å². The van der Waals surface area contributed by atoms with Gasteiger partial charge < -0.3 is 15.7 Å². The third-order valence-electron chi connectivity index (χ3n) is 5.14. The number of hydrogen-bond donors (Lipinski definition) is 5. The zero-order chi connectivity index (χ0) is 27.6. The van der Waals surface area contributed by atoms with E-state index in [4.69, 9.17) is 5.11 Å². The van der Waals surface area contributed by atoms with Crippen LogP contribution in [0.3, 0.4) is 0 Å². The lowest BCUT2D eigenvalue weighted by molar-refractivity contribution is -0.137. The Morgan fingerprint density at radius 2 is 1.19 bits per heavy atom. The van der Waals surface area contributed by atoms with E-state index >= 15 is 0 Å². The van der Waals surface area contributed by atoms with Gasteiger partial charge in [-0.2, -0.15) is 25.3 Å². The second kappa shape index (κ2) is 24.2. The van der Waals surface area contributed by atoms with Crippen molar-refractivity contribution in [1.29, 1.82) is 0 Å². The number of unbranched alkanes of at least 4 members (excludes halogenated alkanes) is 1. The SMILES string of the molecule is CC/C=C\C/C=C\C/C=C\C/C=C\C/C=C\CCCC(=O)NCCC(S)(S)CNC(=O)CCCC(=O)O. The van der Waals surface area contributed by atoms with Crippen molar-refractivity contribution in [2.24, 2.45) is 0 Å². The molecule has 6 nitrogen and oxygen atoms in total. The Morgan fingerprint density at radius 1 is 0.703 bits per heavy atom. The number of nitrogens with one attached hydrogen (secondary N) is 2. The van der Waals surface area contributed by atoms with Crippen LogP contribution < -0.4 is 10.6 Å². The van der Waals surface area contributed by atoms with Gasteiger partial charge in [0.1, 0.15) is 0 Å². The largest absolute Gasteiger partial charge is 0.481 e. The lowest BCUT2D eigenvalue weighted by atomic mass is 10.2. The predicted molar refractivity (Wildman–Crippen MR) is 161 cm³/mol. The maximum absolute atomic E-state index is 12.0. The summed E-state index contributed by atoms with van der Waals surface area (Å²) in [6, 6.07) is 0. The summed E-state index contributed by atoms with van der Waals surface area (Å²) in [5.41, 5.74) is 0. The van der Waals surface area contributed by atoms with Crippen LogP contribution in [-0.2, 0) is 14.4 Å².